The number of rotatable bonds is 6. The first-order valence-electron chi connectivity index (χ1n) is 9.69. The Morgan fingerprint density at radius 2 is 1.66 bits per heavy atom. The molecule has 6 nitrogen and oxygen atoms in total. The molecule has 1 aromatic heterocycles. The third-order valence-electron chi connectivity index (χ3n) is 5.09. The van der Waals surface area contributed by atoms with Gasteiger partial charge in [-0.05, 0) is 30.7 Å². The number of aromatic nitrogens is 1. The van der Waals surface area contributed by atoms with Crippen molar-refractivity contribution in [2.75, 3.05) is 36.8 Å². The highest BCUT2D eigenvalue weighted by molar-refractivity contribution is 7.91. The summed E-state index contributed by atoms with van der Waals surface area (Å²) >= 11 is 1.67. The maximum atomic E-state index is 12.5. The number of hydrogen-bond donors (Lipinski definition) is 0. The molecule has 4 rings (SSSR count). The molecule has 0 aliphatic carbocycles. The van der Waals surface area contributed by atoms with Crippen molar-refractivity contribution in [3.05, 3.63) is 54.6 Å². The van der Waals surface area contributed by atoms with Crippen molar-refractivity contribution < 1.29 is 13.2 Å². The first kappa shape index (κ1) is 19.8. The quantitative estimate of drug-likeness (QED) is 0.602. The fourth-order valence-corrected chi connectivity index (χ4v) is 5.81. The molecule has 2 heterocycles. The highest BCUT2D eigenvalue weighted by atomic mass is 32.2. The molecule has 1 amide bonds. The molecule has 1 aliphatic heterocycles. The standard InChI is InChI=1S/C21H23N3O3S2/c25-20(11-6-16-29(26,27)17-7-2-1-3-8-17)23-12-14-24(15-13-23)21-22-18-9-4-5-10-19(18)28-21/h1-5,7-10H,6,11-16H2. The molecule has 0 N–H and O–H groups in total. The van der Waals surface area contributed by atoms with Gasteiger partial charge in [-0.2, -0.15) is 0 Å². The van der Waals surface area contributed by atoms with Crippen LogP contribution in [0.2, 0.25) is 0 Å². The van der Waals surface area contributed by atoms with E-state index in [1.165, 1.54) is 4.70 Å². The van der Waals surface area contributed by atoms with Gasteiger partial charge in [-0.3, -0.25) is 4.79 Å². The molecule has 0 bridgehead atoms. The van der Waals surface area contributed by atoms with Gasteiger partial charge < -0.3 is 9.80 Å². The van der Waals surface area contributed by atoms with Gasteiger partial charge in [0.15, 0.2) is 15.0 Å². The van der Waals surface area contributed by atoms with Crippen molar-refractivity contribution in [2.45, 2.75) is 17.7 Å². The van der Waals surface area contributed by atoms with E-state index in [2.05, 4.69) is 16.0 Å². The number of thiazole rings is 1. The second-order valence-corrected chi connectivity index (χ2v) is 10.2. The molecule has 3 aromatic rings. The summed E-state index contributed by atoms with van der Waals surface area (Å²) in [6.45, 7) is 2.77. The highest BCUT2D eigenvalue weighted by Crippen LogP contribution is 2.29. The molecule has 152 valence electrons. The van der Waals surface area contributed by atoms with E-state index in [0.29, 0.717) is 24.4 Å². The number of amides is 1. The third-order valence-corrected chi connectivity index (χ3v) is 8.01. The molecular formula is C21H23N3O3S2. The van der Waals surface area contributed by atoms with Crippen LogP contribution in [-0.2, 0) is 14.6 Å². The number of fused-ring (bicyclic) bond motifs is 1. The second kappa shape index (κ2) is 8.51. The number of anilines is 1. The van der Waals surface area contributed by atoms with Crippen molar-refractivity contribution >= 4 is 42.4 Å². The lowest BCUT2D eigenvalue weighted by Gasteiger charge is -2.34. The van der Waals surface area contributed by atoms with Gasteiger partial charge in [0.05, 0.1) is 20.9 Å². The van der Waals surface area contributed by atoms with Gasteiger partial charge in [-0.1, -0.05) is 41.7 Å². The van der Waals surface area contributed by atoms with E-state index in [0.717, 1.165) is 23.7 Å². The lowest BCUT2D eigenvalue weighted by atomic mass is 10.2. The lowest BCUT2D eigenvalue weighted by molar-refractivity contribution is -0.131. The SMILES string of the molecule is O=C(CCCS(=O)(=O)c1ccccc1)N1CCN(c2nc3ccccc3s2)CC1. The minimum absolute atomic E-state index is 0.00553. The first-order chi connectivity index (χ1) is 14.0. The Morgan fingerprint density at radius 3 is 2.38 bits per heavy atom. The Hall–Kier alpha value is -2.45. The van der Waals surface area contributed by atoms with Gasteiger partial charge in [-0.25, -0.2) is 13.4 Å². The largest absolute Gasteiger partial charge is 0.345 e. The molecule has 1 aliphatic rings. The molecule has 0 atom stereocenters. The molecule has 2 aromatic carbocycles. The van der Waals surface area contributed by atoms with E-state index in [1.54, 1.807) is 41.7 Å². The number of carbonyl (C=O) groups excluding carboxylic acids is 1. The van der Waals surface area contributed by atoms with Gasteiger partial charge in [0, 0.05) is 32.6 Å². The summed E-state index contributed by atoms with van der Waals surface area (Å²) in [5.41, 5.74) is 1.01. The van der Waals surface area contributed by atoms with Crippen LogP contribution < -0.4 is 4.90 Å². The average Bonchev–Trinajstić information content (AvgIpc) is 3.18. The van der Waals surface area contributed by atoms with Crippen LogP contribution in [0.4, 0.5) is 5.13 Å². The lowest BCUT2D eigenvalue weighted by Crippen LogP contribution is -2.48. The molecule has 0 unspecified atom stereocenters. The maximum Gasteiger partial charge on any atom is 0.222 e. The molecule has 0 radical (unpaired) electrons. The van der Waals surface area contributed by atoms with Crippen molar-refractivity contribution in [2.24, 2.45) is 0 Å². The van der Waals surface area contributed by atoms with Gasteiger partial charge in [0.1, 0.15) is 0 Å². The van der Waals surface area contributed by atoms with E-state index in [1.807, 2.05) is 23.1 Å². The van der Waals surface area contributed by atoms with Gasteiger partial charge in [0.2, 0.25) is 5.91 Å². The molecular weight excluding hydrogens is 406 g/mol. The zero-order valence-corrected chi connectivity index (χ0v) is 17.7. The summed E-state index contributed by atoms with van der Waals surface area (Å²) < 4.78 is 25.8. The molecule has 29 heavy (non-hydrogen) atoms. The van der Waals surface area contributed by atoms with Crippen molar-refractivity contribution in [3.63, 3.8) is 0 Å². The Balaban J connectivity index is 1.27. The fraction of sp³-hybridized carbons (Fsp3) is 0.333. The minimum Gasteiger partial charge on any atom is -0.345 e. The number of nitrogens with zero attached hydrogens (tertiary/aromatic N) is 3. The molecule has 1 fully saturated rings. The van der Waals surface area contributed by atoms with E-state index in [4.69, 9.17) is 0 Å². The maximum absolute atomic E-state index is 12.5. The number of hydrogen-bond acceptors (Lipinski definition) is 6. The number of carbonyl (C=O) groups is 1. The van der Waals surface area contributed by atoms with Crippen LogP contribution in [0.3, 0.4) is 0 Å². The zero-order chi connectivity index (χ0) is 20.3. The Kier molecular flexibility index (Phi) is 5.82. The van der Waals surface area contributed by atoms with Gasteiger partial charge in [-0.15, -0.1) is 0 Å². The van der Waals surface area contributed by atoms with Crippen LogP contribution in [0, 0.1) is 0 Å². The minimum atomic E-state index is -3.33. The number of piperazine rings is 1. The summed E-state index contributed by atoms with van der Waals surface area (Å²) in [5, 5.41) is 0.993. The highest BCUT2D eigenvalue weighted by Gasteiger charge is 2.23. The van der Waals surface area contributed by atoms with Crippen LogP contribution in [0.5, 0.6) is 0 Å². The molecule has 0 spiro atoms. The van der Waals surface area contributed by atoms with Crippen LogP contribution >= 0.6 is 11.3 Å². The third kappa shape index (κ3) is 4.59. The van der Waals surface area contributed by atoms with E-state index >= 15 is 0 Å². The van der Waals surface area contributed by atoms with Crippen molar-refractivity contribution in [3.8, 4) is 0 Å². The fourth-order valence-electron chi connectivity index (χ4n) is 3.46. The van der Waals surface area contributed by atoms with Crippen LogP contribution in [0.1, 0.15) is 12.8 Å². The number of benzene rings is 2. The molecule has 8 heteroatoms. The molecule has 1 saturated heterocycles. The molecule has 0 saturated carbocycles. The smallest absolute Gasteiger partial charge is 0.222 e. The summed E-state index contributed by atoms with van der Waals surface area (Å²) in [4.78, 5) is 21.6. The summed E-state index contributed by atoms with van der Waals surface area (Å²) in [6.07, 6.45) is 0.599. The predicted molar refractivity (Wildman–Crippen MR) is 116 cm³/mol. The zero-order valence-electron chi connectivity index (χ0n) is 16.0. The summed E-state index contributed by atoms with van der Waals surface area (Å²) in [6, 6.07) is 16.5. The topological polar surface area (TPSA) is 70.6 Å². The van der Waals surface area contributed by atoms with E-state index < -0.39 is 9.84 Å². The number of sulfone groups is 1. The van der Waals surface area contributed by atoms with Gasteiger partial charge in [0.25, 0.3) is 0 Å². The van der Waals surface area contributed by atoms with E-state index in [9.17, 15) is 13.2 Å². The van der Waals surface area contributed by atoms with Crippen LogP contribution in [-0.4, -0.2) is 56.1 Å². The Bertz CT molecular complexity index is 1060. The summed E-state index contributed by atoms with van der Waals surface area (Å²) in [5.74, 6) is 0.0197. The Morgan fingerprint density at radius 1 is 0.966 bits per heavy atom. The van der Waals surface area contributed by atoms with Crippen molar-refractivity contribution in [1.82, 2.24) is 9.88 Å². The van der Waals surface area contributed by atoms with Crippen LogP contribution in [0.15, 0.2) is 59.5 Å². The normalized spacial score (nSPS) is 15.0. The second-order valence-electron chi connectivity index (χ2n) is 7.07. The van der Waals surface area contributed by atoms with E-state index in [-0.39, 0.29) is 18.1 Å². The van der Waals surface area contributed by atoms with Crippen LogP contribution in [0.25, 0.3) is 10.2 Å². The number of para-hydroxylation sites is 1. The monoisotopic (exact) mass is 429 g/mol. The first-order valence-corrected chi connectivity index (χ1v) is 12.2. The summed E-state index contributed by atoms with van der Waals surface area (Å²) in [7, 11) is -3.33. The predicted octanol–water partition coefficient (Wildman–Crippen LogP) is 3.20. The van der Waals surface area contributed by atoms with Crippen molar-refractivity contribution in [1.29, 1.82) is 0 Å². The van der Waals surface area contributed by atoms with Gasteiger partial charge >= 0.3 is 0 Å². The Labute approximate surface area is 174 Å². The average molecular weight is 430 g/mol.